The topological polar surface area (TPSA) is 114 Å². The summed E-state index contributed by atoms with van der Waals surface area (Å²) in [5.41, 5.74) is 0.833. The number of carbonyl (C=O) groups excluding carboxylic acids is 1. The van der Waals surface area contributed by atoms with Gasteiger partial charge in [0.15, 0.2) is 11.5 Å². The van der Waals surface area contributed by atoms with Crippen molar-refractivity contribution in [1.29, 1.82) is 5.26 Å². The number of anilines is 1. The zero-order valence-electron chi connectivity index (χ0n) is 18.5. The first kappa shape index (κ1) is 24.4. The molecular weight excluding hydrogens is 410 g/mol. The van der Waals surface area contributed by atoms with Crippen molar-refractivity contribution in [2.45, 2.75) is 39.5 Å². The van der Waals surface area contributed by atoms with E-state index in [4.69, 9.17) is 9.47 Å². The molecule has 0 aliphatic heterocycles. The predicted molar refractivity (Wildman–Crippen MR) is 123 cm³/mol. The lowest BCUT2D eigenvalue weighted by molar-refractivity contribution is -0.384. The van der Waals surface area contributed by atoms with Gasteiger partial charge >= 0.3 is 0 Å². The molecule has 0 aliphatic rings. The first-order valence-electron chi connectivity index (χ1n) is 10.4. The van der Waals surface area contributed by atoms with E-state index in [9.17, 15) is 20.2 Å². The molecule has 0 atom stereocenters. The van der Waals surface area contributed by atoms with Crippen LogP contribution in [-0.2, 0) is 4.79 Å². The van der Waals surface area contributed by atoms with E-state index in [0.717, 1.165) is 25.7 Å². The molecule has 0 aliphatic carbocycles. The lowest BCUT2D eigenvalue weighted by Gasteiger charge is -2.11. The minimum atomic E-state index is -0.741. The van der Waals surface area contributed by atoms with Crippen molar-refractivity contribution in [3.63, 3.8) is 0 Å². The van der Waals surface area contributed by atoms with Gasteiger partial charge in [-0.3, -0.25) is 14.9 Å². The molecule has 0 saturated carbocycles. The first-order chi connectivity index (χ1) is 15.4. The fourth-order valence-electron chi connectivity index (χ4n) is 3.01. The van der Waals surface area contributed by atoms with Crippen LogP contribution in [0.5, 0.6) is 11.5 Å². The Morgan fingerprint density at radius 1 is 1.19 bits per heavy atom. The molecule has 2 aromatic rings. The van der Waals surface area contributed by atoms with Crippen LogP contribution in [0.3, 0.4) is 0 Å². The van der Waals surface area contributed by atoms with Crippen molar-refractivity contribution in [2.75, 3.05) is 19.0 Å². The standard InChI is InChI=1S/C24H27N3O5/c1-4-5-6-7-12-32-22-11-9-18(15-23(22)31-3)14-19(16-25)24(28)26-20-10-8-17(2)13-21(20)27(29)30/h8-11,13-15H,4-7,12H2,1-3H3,(H,26,28)/b19-14+. The van der Waals surface area contributed by atoms with Gasteiger partial charge in [0.05, 0.1) is 18.6 Å². The summed E-state index contributed by atoms with van der Waals surface area (Å²) in [7, 11) is 1.52. The number of rotatable bonds is 11. The van der Waals surface area contributed by atoms with Crippen LogP contribution in [-0.4, -0.2) is 24.5 Å². The van der Waals surface area contributed by atoms with E-state index in [1.54, 1.807) is 31.2 Å². The van der Waals surface area contributed by atoms with Crippen LogP contribution >= 0.6 is 0 Å². The molecule has 2 rings (SSSR count). The van der Waals surface area contributed by atoms with Gasteiger partial charge < -0.3 is 14.8 Å². The van der Waals surface area contributed by atoms with Gasteiger partial charge in [-0.25, -0.2) is 0 Å². The van der Waals surface area contributed by atoms with Crippen LogP contribution < -0.4 is 14.8 Å². The number of nitrogens with zero attached hydrogens (tertiary/aromatic N) is 2. The Kier molecular flexibility index (Phi) is 9.23. The molecule has 0 heterocycles. The number of benzene rings is 2. The molecule has 0 aromatic heterocycles. The Morgan fingerprint density at radius 2 is 1.97 bits per heavy atom. The van der Waals surface area contributed by atoms with Crippen LogP contribution in [0.2, 0.25) is 0 Å². The average Bonchev–Trinajstić information content (AvgIpc) is 2.78. The first-order valence-corrected chi connectivity index (χ1v) is 10.4. The normalized spacial score (nSPS) is 10.9. The molecule has 0 radical (unpaired) electrons. The molecule has 0 bridgehead atoms. The average molecular weight is 437 g/mol. The van der Waals surface area contributed by atoms with Crippen LogP contribution in [0.4, 0.5) is 11.4 Å². The second-order valence-corrected chi connectivity index (χ2v) is 7.22. The highest BCUT2D eigenvalue weighted by Gasteiger charge is 2.18. The molecule has 32 heavy (non-hydrogen) atoms. The van der Waals surface area contributed by atoms with E-state index in [0.29, 0.717) is 29.2 Å². The maximum absolute atomic E-state index is 12.6. The SMILES string of the molecule is CCCCCCOc1ccc(/C=C(\C#N)C(=O)Nc2ccc(C)cc2[N+](=O)[O-])cc1OC. The van der Waals surface area contributed by atoms with Crippen molar-refractivity contribution in [3.8, 4) is 17.6 Å². The summed E-state index contributed by atoms with van der Waals surface area (Å²) in [4.78, 5) is 23.3. The minimum absolute atomic E-state index is 0.0242. The number of ether oxygens (including phenoxy) is 2. The summed E-state index contributed by atoms with van der Waals surface area (Å²) in [6, 6.07) is 11.4. The van der Waals surface area contributed by atoms with Crippen molar-refractivity contribution in [3.05, 3.63) is 63.2 Å². The molecule has 2 aromatic carbocycles. The largest absolute Gasteiger partial charge is 0.493 e. The number of hydrogen-bond acceptors (Lipinski definition) is 6. The number of amides is 1. The smallest absolute Gasteiger partial charge is 0.293 e. The van der Waals surface area contributed by atoms with Crippen LogP contribution in [0.15, 0.2) is 42.0 Å². The number of nitro groups is 1. The number of carbonyl (C=O) groups is 1. The van der Waals surface area contributed by atoms with Crippen molar-refractivity contribution in [1.82, 2.24) is 0 Å². The monoisotopic (exact) mass is 437 g/mol. The van der Waals surface area contributed by atoms with Gasteiger partial charge in [-0.2, -0.15) is 5.26 Å². The third kappa shape index (κ3) is 6.84. The van der Waals surface area contributed by atoms with Gasteiger partial charge in [0, 0.05) is 6.07 Å². The second-order valence-electron chi connectivity index (χ2n) is 7.22. The van der Waals surface area contributed by atoms with E-state index < -0.39 is 10.8 Å². The van der Waals surface area contributed by atoms with Crippen LogP contribution in [0, 0.1) is 28.4 Å². The molecule has 8 heteroatoms. The maximum Gasteiger partial charge on any atom is 0.293 e. The molecular formula is C24H27N3O5. The Labute approximate surface area is 187 Å². The number of unbranched alkanes of at least 4 members (excludes halogenated alkanes) is 3. The van der Waals surface area contributed by atoms with Gasteiger partial charge in [-0.15, -0.1) is 0 Å². The summed E-state index contributed by atoms with van der Waals surface area (Å²) in [6.07, 6.45) is 5.75. The predicted octanol–water partition coefficient (Wildman–Crippen LogP) is 5.42. The highest BCUT2D eigenvalue weighted by Crippen LogP contribution is 2.30. The van der Waals surface area contributed by atoms with Gasteiger partial charge in [0.25, 0.3) is 11.6 Å². The van der Waals surface area contributed by atoms with Gasteiger partial charge in [-0.05, 0) is 48.7 Å². The number of aryl methyl sites for hydroxylation is 1. The fraction of sp³-hybridized carbons (Fsp3) is 0.333. The quantitative estimate of drug-likeness (QED) is 0.165. The second kappa shape index (κ2) is 12.1. The lowest BCUT2D eigenvalue weighted by atomic mass is 10.1. The van der Waals surface area contributed by atoms with E-state index >= 15 is 0 Å². The fourth-order valence-corrected chi connectivity index (χ4v) is 3.01. The van der Waals surface area contributed by atoms with Crippen LogP contribution in [0.1, 0.15) is 43.7 Å². The third-order valence-electron chi connectivity index (χ3n) is 4.72. The molecule has 168 valence electrons. The summed E-state index contributed by atoms with van der Waals surface area (Å²) in [6.45, 7) is 4.44. The van der Waals surface area contributed by atoms with Crippen molar-refractivity contribution < 1.29 is 19.2 Å². The van der Waals surface area contributed by atoms with Gasteiger partial charge in [0.1, 0.15) is 17.3 Å². The summed E-state index contributed by atoms with van der Waals surface area (Å²) >= 11 is 0. The zero-order valence-corrected chi connectivity index (χ0v) is 18.5. The summed E-state index contributed by atoms with van der Waals surface area (Å²) in [5.74, 6) is 0.329. The van der Waals surface area contributed by atoms with Gasteiger partial charge in [-0.1, -0.05) is 38.3 Å². The highest BCUT2D eigenvalue weighted by molar-refractivity contribution is 6.10. The molecule has 0 unspecified atom stereocenters. The van der Waals surface area contributed by atoms with Crippen LogP contribution in [0.25, 0.3) is 6.08 Å². The van der Waals surface area contributed by atoms with Crippen molar-refractivity contribution >= 4 is 23.4 Å². The maximum atomic E-state index is 12.6. The zero-order chi connectivity index (χ0) is 23.5. The molecule has 1 amide bonds. The van der Waals surface area contributed by atoms with E-state index in [2.05, 4.69) is 12.2 Å². The number of methoxy groups -OCH3 is 1. The van der Waals surface area contributed by atoms with E-state index in [1.807, 2.05) is 6.07 Å². The molecule has 0 spiro atoms. The lowest BCUT2D eigenvalue weighted by Crippen LogP contribution is -2.14. The number of nitro benzene ring substituents is 1. The number of nitrogens with one attached hydrogen (secondary N) is 1. The van der Waals surface area contributed by atoms with E-state index in [1.165, 1.54) is 25.3 Å². The number of nitriles is 1. The Morgan fingerprint density at radius 3 is 2.62 bits per heavy atom. The molecule has 1 N–H and O–H groups in total. The van der Waals surface area contributed by atoms with E-state index in [-0.39, 0.29) is 16.9 Å². The molecule has 0 fully saturated rings. The summed E-state index contributed by atoms with van der Waals surface area (Å²) in [5, 5.41) is 23.2. The Bertz CT molecular complexity index is 1040. The highest BCUT2D eigenvalue weighted by atomic mass is 16.6. The molecule has 0 saturated heterocycles. The Balaban J connectivity index is 2.18. The number of hydrogen-bond donors (Lipinski definition) is 1. The third-order valence-corrected chi connectivity index (χ3v) is 4.72. The Hall–Kier alpha value is -3.86. The van der Waals surface area contributed by atoms with Gasteiger partial charge in [0.2, 0.25) is 0 Å². The minimum Gasteiger partial charge on any atom is -0.493 e. The molecule has 8 nitrogen and oxygen atoms in total. The summed E-state index contributed by atoms with van der Waals surface area (Å²) < 4.78 is 11.2. The van der Waals surface area contributed by atoms with Crippen molar-refractivity contribution in [2.24, 2.45) is 0 Å².